The first-order valence-electron chi connectivity index (χ1n) is 1.34. The number of hydrogen-bond donors (Lipinski definition) is 0. The van der Waals surface area contributed by atoms with E-state index >= 15 is 0 Å². The van der Waals surface area contributed by atoms with Crippen molar-refractivity contribution in [1.82, 2.24) is 0 Å². The summed E-state index contributed by atoms with van der Waals surface area (Å²) in [5.74, 6) is 0. The van der Waals surface area contributed by atoms with Gasteiger partial charge in [0.1, 0.15) is 0 Å². The van der Waals surface area contributed by atoms with Crippen molar-refractivity contribution in [3.8, 4) is 0 Å². The first-order chi connectivity index (χ1) is 4.47. The van der Waals surface area contributed by atoms with Crippen LogP contribution in [0.4, 0.5) is 0 Å². The van der Waals surface area contributed by atoms with E-state index in [9.17, 15) is 0 Å². The number of hydrogen-bond acceptors (Lipinski definition) is 0. The fourth-order valence-corrected chi connectivity index (χ4v) is 0. The van der Waals surface area contributed by atoms with E-state index < -0.39 is 17.3 Å². The molecule has 0 saturated heterocycles. The Labute approximate surface area is 318 Å². The van der Waals surface area contributed by atoms with E-state index in [1.807, 2.05) is 0 Å². The standard InChI is InChI=1S/10ClH.4K.2H2O.2Ru/h10*1H;;;;;2*1H2;;/q;;;;;;;;;;4*+1;;;2*+5/p-10. The van der Waals surface area contributed by atoms with Gasteiger partial charge in [-0.15, -0.1) is 0 Å². The topological polar surface area (TPSA) is 63.0 Å². The smallest absolute Gasteiger partial charge is 1.00 e. The third-order valence-corrected chi connectivity index (χ3v) is 0. The van der Waals surface area contributed by atoms with Crippen LogP contribution >= 0.6 is 96.9 Å². The molecule has 0 unspecified atom stereocenters. The SMILES string of the molecule is O.O.[Cl][Ru]([Cl])([Cl])([Cl])[Cl].[Cl][Ru]([Cl])([Cl])([Cl])[Cl].[K+].[K+].[K+].[K+]. The van der Waals surface area contributed by atoms with Crippen LogP contribution in [-0.2, 0) is 17.3 Å². The van der Waals surface area contributed by atoms with Gasteiger partial charge in [-0.25, -0.2) is 0 Å². The molecule has 0 aromatic carbocycles. The van der Waals surface area contributed by atoms with Crippen molar-refractivity contribution in [2.45, 2.75) is 0 Å². The largest absolute Gasteiger partial charge is 1.00 e. The summed E-state index contributed by atoms with van der Waals surface area (Å²) in [4.78, 5) is 0. The maximum atomic E-state index is 5.02. The molecule has 0 atom stereocenters. The Morgan fingerprint density at radius 1 is 0.333 bits per heavy atom. The van der Waals surface area contributed by atoms with Crippen molar-refractivity contribution in [2.75, 3.05) is 0 Å². The molecule has 0 aliphatic carbocycles. The minimum Gasteiger partial charge on any atom is 1.00 e. The third kappa shape index (κ3) is 155. The van der Waals surface area contributed by atoms with Crippen molar-refractivity contribution < 1.29 is 234 Å². The molecule has 102 valence electrons. The third-order valence-electron chi connectivity index (χ3n) is 0. The van der Waals surface area contributed by atoms with Gasteiger partial charge < -0.3 is 11.0 Å². The second kappa shape index (κ2) is 20.9. The van der Waals surface area contributed by atoms with Gasteiger partial charge in [-0.2, -0.15) is 0 Å². The van der Waals surface area contributed by atoms with E-state index in [1.165, 1.54) is 0 Å². The van der Waals surface area contributed by atoms with Crippen molar-refractivity contribution in [3.05, 3.63) is 0 Å². The summed E-state index contributed by atoms with van der Waals surface area (Å²) in [6.45, 7) is 0. The molecule has 0 aromatic heterocycles. The van der Waals surface area contributed by atoms with Crippen LogP contribution in [0.1, 0.15) is 0 Å². The van der Waals surface area contributed by atoms with Crippen LogP contribution in [0.5, 0.6) is 0 Å². The van der Waals surface area contributed by atoms with Gasteiger partial charge in [0.05, 0.1) is 0 Å². The van der Waals surface area contributed by atoms with E-state index in [1.54, 1.807) is 0 Å². The molecule has 0 aliphatic heterocycles. The van der Waals surface area contributed by atoms with E-state index in [4.69, 9.17) is 96.9 Å². The van der Waals surface area contributed by atoms with Gasteiger partial charge in [0.15, 0.2) is 0 Å². The Bertz CT molecular complexity index is 116. The monoisotopic (exact) mass is 745 g/mol. The van der Waals surface area contributed by atoms with Crippen molar-refractivity contribution in [3.63, 3.8) is 0 Å². The Hall–Kier alpha value is 10.6. The Kier molecular flexibility index (Phi) is 59.5. The summed E-state index contributed by atoms with van der Waals surface area (Å²) in [6.07, 6.45) is 0. The molecule has 0 amide bonds. The predicted octanol–water partition coefficient (Wildman–Crippen LogP) is -6.74. The minimum absolute atomic E-state index is 0. The molecule has 0 saturated carbocycles. The summed E-state index contributed by atoms with van der Waals surface area (Å²) >= 11 is 0. The van der Waals surface area contributed by atoms with Crippen molar-refractivity contribution in [2.24, 2.45) is 0 Å². The van der Waals surface area contributed by atoms with Crippen LogP contribution in [0, 0.1) is 0 Å². The van der Waals surface area contributed by atoms with Gasteiger partial charge in [0, 0.05) is 0 Å². The van der Waals surface area contributed by atoms with Crippen LogP contribution in [-0.4, -0.2) is 11.0 Å². The van der Waals surface area contributed by atoms with E-state index in [0.29, 0.717) is 0 Å². The molecular weight excluding hydrogens is 745 g/mol. The Morgan fingerprint density at radius 2 is 0.333 bits per heavy atom. The summed E-state index contributed by atoms with van der Waals surface area (Å²) < 4.78 is 0. The molecule has 0 spiro atoms. The molecule has 0 radical (unpaired) electrons. The average Bonchev–Trinajstić information content (AvgIpc) is 1.02. The number of rotatable bonds is 0. The molecule has 4 N–H and O–H groups in total. The molecule has 0 bridgehead atoms. The van der Waals surface area contributed by atoms with Gasteiger partial charge >= 0.3 is 320 Å². The van der Waals surface area contributed by atoms with Gasteiger partial charge in [0.2, 0.25) is 0 Å². The van der Waals surface area contributed by atoms with Crippen LogP contribution in [0.25, 0.3) is 0 Å². The molecule has 18 heavy (non-hydrogen) atoms. The molecule has 0 aliphatic rings. The zero-order chi connectivity index (χ0) is 10.9. The van der Waals surface area contributed by atoms with Gasteiger partial charge in [-0.05, 0) is 0 Å². The van der Waals surface area contributed by atoms with Crippen LogP contribution in [0.15, 0.2) is 0 Å². The van der Waals surface area contributed by atoms with Gasteiger partial charge in [-0.3, -0.25) is 0 Å². The molecular formula is H4Cl10K4O2Ru2+4. The number of halogens is 10. The second-order valence-corrected chi connectivity index (χ2v) is 53.8. The first-order valence-corrected chi connectivity index (χ1v) is 23.7. The maximum Gasteiger partial charge on any atom is 1.00 e. The molecule has 0 heterocycles. The maximum absolute atomic E-state index is 5.02. The quantitative estimate of drug-likeness (QED) is 0.222. The first kappa shape index (κ1) is 51.3. The fourth-order valence-electron chi connectivity index (χ4n) is 0. The zero-order valence-electron chi connectivity index (χ0n) is 9.49. The Morgan fingerprint density at radius 3 is 0.333 bits per heavy atom. The molecule has 18 heteroatoms. The van der Waals surface area contributed by atoms with Crippen LogP contribution in [0.2, 0.25) is 0 Å². The average molecular weight is 749 g/mol. The molecule has 0 aromatic rings. The molecule has 0 fully saturated rings. The van der Waals surface area contributed by atoms with Crippen LogP contribution in [0.3, 0.4) is 0 Å². The van der Waals surface area contributed by atoms with Crippen molar-refractivity contribution in [1.29, 1.82) is 0 Å². The minimum atomic E-state index is -4.11. The van der Waals surface area contributed by atoms with Gasteiger partial charge in [-0.1, -0.05) is 0 Å². The van der Waals surface area contributed by atoms with E-state index in [-0.39, 0.29) is 216 Å². The summed E-state index contributed by atoms with van der Waals surface area (Å²) in [7, 11) is 42.0. The zero-order valence-corrected chi connectivity index (χ0v) is 33.0. The Balaban J connectivity index is -0.0000000139. The van der Waals surface area contributed by atoms with Crippen LogP contribution < -0.4 is 206 Å². The molecule has 0 rings (SSSR count). The normalized spacial score (nSPS) is 12.8. The summed E-state index contributed by atoms with van der Waals surface area (Å²) in [5.41, 5.74) is 0. The van der Waals surface area contributed by atoms with E-state index in [2.05, 4.69) is 0 Å². The fraction of sp³-hybridized carbons (Fsp3) is 0. The second-order valence-electron chi connectivity index (χ2n) is 1.01. The predicted molar refractivity (Wildman–Crippen MR) is 65.8 cm³/mol. The summed E-state index contributed by atoms with van der Waals surface area (Å²) in [5, 5.41) is 0. The van der Waals surface area contributed by atoms with Gasteiger partial charge in [0.25, 0.3) is 0 Å². The summed E-state index contributed by atoms with van der Waals surface area (Å²) in [6, 6.07) is 0. The van der Waals surface area contributed by atoms with E-state index in [0.717, 1.165) is 0 Å². The molecule has 2 nitrogen and oxygen atoms in total. The van der Waals surface area contributed by atoms with Crippen molar-refractivity contribution >= 4 is 96.9 Å².